The summed E-state index contributed by atoms with van der Waals surface area (Å²) >= 11 is 0. The average molecular weight is 337 g/mol. The van der Waals surface area contributed by atoms with Crippen molar-refractivity contribution in [2.75, 3.05) is 6.61 Å². The summed E-state index contributed by atoms with van der Waals surface area (Å²) in [6, 6.07) is 9.01. The summed E-state index contributed by atoms with van der Waals surface area (Å²) in [5.74, 6) is 0.667. The first-order chi connectivity index (χ1) is 10.8. The molecule has 2 fully saturated rings. The van der Waals surface area contributed by atoms with Crippen molar-refractivity contribution >= 4 is 18.3 Å². The molecule has 2 saturated heterocycles. The lowest BCUT2D eigenvalue weighted by molar-refractivity contribution is -0.139. The van der Waals surface area contributed by atoms with Gasteiger partial charge in [-0.2, -0.15) is 0 Å². The molecule has 2 bridgehead atoms. The molecular weight excluding hydrogens is 312 g/mol. The predicted octanol–water partition coefficient (Wildman–Crippen LogP) is 1.88. The first kappa shape index (κ1) is 16.7. The Hall–Kier alpha value is -1.10. The van der Waals surface area contributed by atoms with Crippen molar-refractivity contribution in [3.05, 3.63) is 35.4 Å². The fraction of sp³-hybridized carbons (Fsp3) is 0.611. The standard InChI is InChI=1S/C18H24N2O2.ClH/c21-11-12-7-15-5-6-16(8-12)20(15)18(22)17-9-13-3-1-2-4-14(13)10-19-17;/h1-4,12,15-17,19,21H,5-11H2;1H/t12?,15-,16+,17-;/m1./s1. The van der Waals surface area contributed by atoms with Crippen molar-refractivity contribution < 1.29 is 9.90 Å². The number of carbonyl (C=O) groups is 1. The van der Waals surface area contributed by atoms with E-state index in [1.54, 1.807) is 0 Å². The van der Waals surface area contributed by atoms with Gasteiger partial charge in [0.1, 0.15) is 0 Å². The molecule has 0 saturated carbocycles. The van der Waals surface area contributed by atoms with Gasteiger partial charge in [0, 0.05) is 25.2 Å². The van der Waals surface area contributed by atoms with E-state index in [4.69, 9.17) is 0 Å². The van der Waals surface area contributed by atoms with E-state index in [1.807, 2.05) is 0 Å². The van der Waals surface area contributed by atoms with Crippen LogP contribution < -0.4 is 5.32 Å². The molecule has 4 nitrogen and oxygen atoms in total. The number of halogens is 1. The van der Waals surface area contributed by atoms with Gasteiger partial charge in [0.2, 0.25) is 5.91 Å². The molecule has 1 unspecified atom stereocenters. The van der Waals surface area contributed by atoms with Gasteiger partial charge in [-0.15, -0.1) is 12.4 Å². The van der Waals surface area contributed by atoms with Gasteiger partial charge < -0.3 is 15.3 Å². The molecule has 3 aliphatic heterocycles. The van der Waals surface area contributed by atoms with Gasteiger partial charge in [-0.1, -0.05) is 24.3 Å². The van der Waals surface area contributed by atoms with Gasteiger partial charge in [0.25, 0.3) is 0 Å². The SMILES string of the molecule is Cl.O=C([C@H]1Cc2ccccc2CN1)N1[C@@H]2CC[C@H]1CC(CO)C2. The molecule has 0 spiro atoms. The molecule has 23 heavy (non-hydrogen) atoms. The highest BCUT2D eigenvalue weighted by atomic mass is 35.5. The first-order valence-electron chi connectivity index (χ1n) is 8.49. The number of piperidine rings is 1. The van der Waals surface area contributed by atoms with Crippen LogP contribution in [-0.2, 0) is 17.8 Å². The lowest BCUT2D eigenvalue weighted by atomic mass is 9.89. The Morgan fingerprint density at radius 3 is 2.48 bits per heavy atom. The zero-order chi connectivity index (χ0) is 15.1. The van der Waals surface area contributed by atoms with Crippen LogP contribution in [0.4, 0.5) is 0 Å². The molecule has 1 aromatic rings. The number of nitrogens with zero attached hydrogens (tertiary/aromatic N) is 1. The number of benzene rings is 1. The smallest absolute Gasteiger partial charge is 0.240 e. The second-order valence-corrected chi connectivity index (χ2v) is 7.06. The highest BCUT2D eigenvalue weighted by Crippen LogP contribution is 2.39. The van der Waals surface area contributed by atoms with E-state index in [9.17, 15) is 9.90 Å². The summed E-state index contributed by atoms with van der Waals surface area (Å²) in [5, 5.41) is 12.8. The van der Waals surface area contributed by atoms with E-state index in [1.165, 1.54) is 11.1 Å². The first-order valence-corrected chi connectivity index (χ1v) is 8.49. The Kier molecular flexibility index (Phi) is 4.95. The van der Waals surface area contributed by atoms with Crippen LogP contribution in [0, 0.1) is 5.92 Å². The Morgan fingerprint density at radius 1 is 1.17 bits per heavy atom. The third kappa shape index (κ3) is 3.00. The minimum absolute atomic E-state index is 0. The second kappa shape index (κ2) is 6.80. The molecular formula is C18H25ClN2O2. The van der Waals surface area contributed by atoms with E-state index >= 15 is 0 Å². The van der Waals surface area contributed by atoms with Crippen LogP contribution in [-0.4, -0.2) is 40.6 Å². The largest absolute Gasteiger partial charge is 0.396 e. The van der Waals surface area contributed by atoms with Gasteiger partial charge in [-0.25, -0.2) is 0 Å². The van der Waals surface area contributed by atoms with Crippen LogP contribution in [0.1, 0.15) is 36.8 Å². The van der Waals surface area contributed by atoms with E-state index in [2.05, 4.69) is 34.5 Å². The summed E-state index contributed by atoms with van der Waals surface area (Å²) in [7, 11) is 0. The molecule has 0 aromatic heterocycles. The summed E-state index contributed by atoms with van der Waals surface area (Å²) in [6.45, 7) is 1.05. The highest BCUT2D eigenvalue weighted by molar-refractivity contribution is 5.85. The zero-order valence-corrected chi connectivity index (χ0v) is 14.1. The third-order valence-electron chi connectivity index (χ3n) is 5.72. The number of carbonyl (C=O) groups excluding carboxylic acids is 1. The molecule has 1 amide bonds. The van der Waals surface area contributed by atoms with Crippen LogP contribution >= 0.6 is 12.4 Å². The summed E-state index contributed by atoms with van der Waals surface area (Å²) in [5.41, 5.74) is 2.62. The Morgan fingerprint density at radius 2 is 1.83 bits per heavy atom. The van der Waals surface area contributed by atoms with Crippen LogP contribution in [0.2, 0.25) is 0 Å². The maximum absolute atomic E-state index is 13.0. The van der Waals surface area contributed by atoms with Crippen molar-refractivity contribution in [3.63, 3.8) is 0 Å². The minimum atomic E-state index is -0.0799. The van der Waals surface area contributed by atoms with Gasteiger partial charge in [-0.05, 0) is 49.1 Å². The number of fused-ring (bicyclic) bond motifs is 3. The average Bonchev–Trinajstić information content (AvgIpc) is 2.83. The van der Waals surface area contributed by atoms with E-state index < -0.39 is 0 Å². The molecule has 4 rings (SSSR count). The number of rotatable bonds is 2. The number of aliphatic hydroxyl groups is 1. The van der Waals surface area contributed by atoms with E-state index in [-0.39, 0.29) is 31.0 Å². The molecule has 5 heteroatoms. The number of hydrogen-bond donors (Lipinski definition) is 2. The number of aliphatic hydroxyl groups excluding tert-OH is 1. The molecule has 4 atom stereocenters. The predicted molar refractivity (Wildman–Crippen MR) is 91.5 cm³/mol. The monoisotopic (exact) mass is 336 g/mol. The molecule has 3 heterocycles. The fourth-order valence-electron chi connectivity index (χ4n) is 4.61. The summed E-state index contributed by atoms with van der Waals surface area (Å²) in [6.07, 6.45) is 4.96. The zero-order valence-electron chi connectivity index (χ0n) is 13.3. The highest BCUT2D eigenvalue weighted by Gasteiger charge is 2.44. The Bertz CT molecular complexity index is 566. The molecule has 126 valence electrons. The molecule has 2 N–H and O–H groups in total. The van der Waals surface area contributed by atoms with Crippen molar-refractivity contribution in [1.82, 2.24) is 10.2 Å². The minimum Gasteiger partial charge on any atom is -0.396 e. The normalized spacial score (nSPS) is 32.1. The summed E-state index contributed by atoms with van der Waals surface area (Å²) < 4.78 is 0. The topological polar surface area (TPSA) is 52.6 Å². The third-order valence-corrected chi connectivity index (χ3v) is 5.72. The molecule has 3 aliphatic rings. The van der Waals surface area contributed by atoms with Crippen molar-refractivity contribution in [3.8, 4) is 0 Å². The van der Waals surface area contributed by atoms with Gasteiger partial charge in [-0.3, -0.25) is 4.79 Å². The lowest BCUT2D eigenvalue weighted by Crippen LogP contribution is -2.55. The van der Waals surface area contributed by atoms with Crippen molar-refractivity contribution in [2.24, 2.45) is 5.92 Å². The van der Waals surface area contributed by atoms with Crippen molar-refractivity contribution in [2.45, 2.75) is 56.8 Å². The number of amides is 1. The maximum atomic E-state index is 13.0. The molecule has 1 aromatic carbocycles. The van der Waals surface area contributed by atoms with Crippen LogP contribution in [0.5, 0.6) is 0 Å². The Labute approximate surface area is 143 Å². The Balaban J connectivity index is 0.00000156. The second-order valence-electron chi connectivity index (χ2n) is 7.06. The van der Waals surface area contributed by atoms with E-state index in [0.717, 1.165) is 38.6 Å². The van der Waals surface area contributed by atoms with Crippen LogP contribution in [0.15, 0.2) is 24.3 Å². The van der Waals surface area contributed by atoms with E-state index in [0.29, 0.717) is 18.0 Å². The molecule has 0 radical (unpaired) electrons. The number of hydrogen-bond acceptors (Lipinski definition) is 3. The number of nitrogens with one attached hydrogen (secondary N) is 1. The van der Waals surface area contributed by atoms with Crippen LogP contribution in [0.25, 0.3) is 0 Å². The van der Waals surface area contributed by atoms with Crippen molar-refractivity contribution in [1.29, 1.82) is 0 Å². The van der Waals surface area contributed by atoms with Gasteiger partial charge in [0.15, 0.2) is 0 Å². The quantitative estimate of drug-likeness (QED) is 0.867. The molecule has 0 aliphatic carbocycles. The van der Waals surface area contributed by atoms with Crippen LogP contribution in [0.3, 0.4) is 0 Å². The summed E-state index contributed by atoms with van der Waals surface area (Å²) in [4.78, 5) is 15.2. The maximum Gasteiger partial charge on any atom is 0.240 e. The van der Waals surface area contributed by atoms with Gasteiger partial charge >= 0.3 is 0 Å². The fourth-order valence-corrected chi connectivity index (χ4v) is 4.61. The van der Waals surface area contributed by atoms with Gasteiger partial charge in [0.05, 0.1) is 6.04 Å². The lowest BCUT2D eigenvalue weighted by Gasteiger charge is -2.41.